The van der Waals surface area contributed by atoms with Crippen LogP contribution in [0, 0.1) is 10.1 Å². The van der Waals surface area contributed by atoms with Crippen molar-refractivity contribution in [3.8, 4) is 0 Å². The predicted octanol–water partition coefficient (Wildman–Crippen LogP) is 3.12. The van der Waals surface area contributed by atoms with Crippen LogP contribution in [0.15, 0.2) is 30.5 Å². The van der Waals surface area contributed by atoms with Crippen molar-refractivity contribution in [2.45, 2.75) is 24.9 Å². The van der Waals surface area contributed by atoms with Crippen LogP contribution in [0.1, 0.15) is 19.3 Å². The summed E-state index contributed by atoms with van der Waals surface area (Å²) < 4.78 is 5.58. The molecule has 1 fully saturated rings. The minimum absolute atomic E-state index is 0.0775. The molecule has 1 N–H and O–H groups in total. The number of non-ortho nitro benzene ring substituents is 1. The maximum atomic E-state index is 11.1. The topological polar surface area (TPSA) is 77.3 Å². The van der Waals surface area contributed by atoms with E-state index in [0.717, 1.165) is 18.5 Å². The van der Waals surface area contributed by atoms with Gasteiger partial charge in [-0.15, -0.1) is 0 Å². The number of ether oxygens (including phenoxy) is 1. The number of nitrogens with zero attached hydrogens (tertiary/aromatic N) is 2. The van der Waals surface area contributed by atoms with Gasteiger partial charge in [-0.25, -0.2) is 0 Å². The fourth-order valence-corrected chi connectivity index (χ4v) is 2.74. The number of methoxy groups -OCH3 is 1. The molecule has 0 aliphatic heterocycles. The first kappa shape index (κ1) is 13.8. The first-order chi connectivity index (χ1) is 10.2. The Morgan fingerprint density at radius 1 is 1.43 bits per heavy atom. The van der Waals surface area contributed by atoms with Crippen LogP contribution in [-0.4, -0.2) is 29.2 Å². The molecule has 3 rings (SSSR count). The van der Waals surface area contributed by atoms with Gasteiger partial charge in [0, 0.05) is 25.9 Å². The summed E-state index contributed by atoms with van der Waals surface area (Å²) in [5, 5.41) is 15.0. The summed E-state index contributed by atoms with van der Waals surface area (Å²) in [6, 6.07) is 6.67. The highest BCUT2D eigenvalue weighted by Gasteiger charge is 2.36. The van der Waals surface area contributed by atoms with Gasteiger partial charge in [0.1, 0.15) is 5.52 Å². The molecule has 1 aliphatic rings. The maximum absolute atomic E-state index is 11.1. The van der Waals surface area contributed by atoms with E-state index < -0.39 is 0 Å². The second-order valence-electron chi connectivity index (χ2n) is 5.38. The third kappa shape index (κ3) is 2.42. The van der Waals surface area contributed by atoms with Crippen molar-refractivity contribution in [2.75, 3.05) is 19.0 Å². The predicted molar refractivity (Wildman–Crippen MR) is 80.5 cm³/mol. The van der Waals surface area contributed by atoms with Crippen LogP contribution in [0.2, 0.25) is 0 Å². The van der Waals surface area contributed by atoms with Crippen LogP contribution in [0.5, 0.6) is 0 Å². The molecule has 0 atom stereocenters. The van der Waals surface area contributed by atoms with E-state index in [0.29, 0.717) is 17.4 Å². The molecule has 21 heavy (non-hydrogen) atoms. The summed E-state index contributed by atoms with van der Waals surface area (Å²) in [6.45, 7) is 0.687. The molecular formula is C15H17N3O3. The van der Waals surface area contributed by atoms with E-state index in [1.807, 2.05) is 0 Å². The van der Waals surface area contributed by atoms with Gasteiger partial charge in [-0.3, -0.25) is 15.1 Å². The lowest BCUT2D eigenvalue weighted by Gasteiger charge is -2.40. The summed E-state index contributed by atoms with van der Waals surface area (Å²) in [7, 11) is 1.73. The SMILES string of the molecule is COC1(CNc2ccc([N+](=O)[O-])c3cccnc23)CCC1. The highest BCUT2D eigenvalue weighted by Crippen LogP contribution is 2.36. The lowest BCUT2D eigenvalue weighted by atomic mass is 9.80. The number of nitro groups is 1. The Morgan fingerprint density at radius 2 is 2.24 bits per heavy atom. The standard InChI is InChI=1S/C15H17N3O3/c1-21-15(7-3-8-15)10-17-12-5-6-13(18(19)20)11-4-2-9-16-14(11)12/h2,4-6,9,17H,3,7-8,10H2,1H3. The van der Waals surface area contributed by atoms with Crippen LogP contribution >= 0.6 is 0 Å². The van der Waals surface area contributed by atoms with Gasteiger partial charge in [0.15, 0.2) is 0 Å². The minimum atomic E-state index is -0.379. The Hall–Kier alpha value is -2.21. The Morgan fingerprint density at radius 3 is 2.86 bits per heavy atom. The number of anilines is 1. The van der Waals surface area contributed by atoms with Crippen molar-refractivity contribution < 1.29 is 9.66 Å². The maximum Gasteiger partial charge on any atom is 0.278 e. The molecule has 2 aromatic rings. The summed E-state index contributed by atoms with van der Waals surface area (Å²) >= 11 is 0. The van der Waals surface area contributed by atoms with Crippen molar-refractivity contribution in [1.82, 2.24) is 4.98 Å². The average Bonchev–Trinajstić information content (AvgIpc) is 2.46. The van der Waals surface area contributed by atoms with Gasteiger partial charge >= 0.3 is 0 Å². The monoisotopic (exact) mass is 287 g/mol. The van der Waals surface area contributed by atoms with Gasteiger partial charge in [-0.2, -0.15) is 0 Å². The lowest BCUT2D eigenvalue weighted by Crippen LogP contribution is -2.45. The summed E-state index contributed by atoms with van der Waals surface area (Å²) in [5.41, 5.74) is 1.40. The van der Waals surface area contributed by atoms with Gasteiger partial charge in [-0.05, 0) is 37.5 Å². The van der Waals surface area contributed by atoms with E-state index in [-0.39, 0.29) is 16.2 Å². The zero-order chi connectivity index (χ0) is 14.9. The van der Waals surface area contributed by atoms with Crippen LogP contribution < -0.4 is 5.32 Å². The van der Waals surface area contributed by atoms with E-state index in [9.17, 15) is 10.1 Å². The molecular weight excluding hydrogens is 270 g/mol. The number of fused-ring (bicyclic) bond motifs is 1. The number of hydrogen-bond acceptors (Lipinski definition) is 5. The highest BCUT2D eigenvalue weighted by molar-refractivity contribution is 5.96. The van der Waals surface area contributed by atoms with Gasteiger partial charge in [0.25, 0.3) is 5.69 Å². The van der Waals surface area contributed by atoms with Crippen LogP contribution in [0.3, 0.4) is 0 Å². The van der Waals surface area contributed by atoms with E-state index in [2.05, 4.69) is 10.3 Å². The molecule has 0 saturated heterocycles. The van der Waals surface area contributed by atoms with Crippen LogP contribution in [0.25, 0.3) is 10.9 Å². The largest absolute Gasteiger partial charge is 0.380 e. The molecule has 1 aliphatic carbocycles. The van der Waals surface area contributed by atoms with Crippen molar-refractivity contribution in [2.24, 2.45) is 0 Å². The third-order valence-corrected chi connectivity index (χ3v) is 4.24. The number of nitrogens with one attached hydrogen (secondary N) is 1. The molecule has 1 aromatic carbocycles. The molecule has 1 saturated carbocycles. The van der Waals surface area contributed by atoms with E-state index in [1.165, 1.54) is 12.5 Å². The molecule has 0 amide bonds. The average molecular weight is 287 g/mol. The smallest absolute Gasteiger partial charge is 0.278 e. The van der Waals surface area contributed by atoms with Gasteiger partial charge < -0.3 is 10.1 Å². The molecule has 1 heterocycles. The Balaban J connectivity index is 1.93. The van der Waals surface area contributed by atoms with Gasteiger partial charge in [-0.1, -0.05) is 0 Å². The summed E-state index contributed by atoms with van der Waals surface area (Å²) in [6.07, 6.45) is 4.89. The van der Waals surface area contributed by atoms with Crippen molar-refractivity contribution >= 4 is 22.3 Å². The molecule has 6 heteroatoms. The van der Waals surface area contributed by atoms with Gasteiger partial charge in [0.2, 0.25) is 0 Å². The number of rotatable bonds is 5. The van der Waals surface area contributed by atoms with E-state index in [1.54, 1.807) is 31.5 Å². The molecule has 6 nitrogen and oxygen atoms in total. The van der Waals surface area contributed by atoms with E-state index >= 15 is 0 Å². The normalized spacial score (nSPS) is 16.4. The van der Waals surface area contributed by atoms with Crippen molar-refractivity contribution in [1.29, 1.82) is 0 Å². The third-order valence-electron chi connectivity index (χ3n) is 4.24. The fourth-order valence-electron chi connectivity index (χ4n) is 2.74. The van der Waals surface area contributed by atoms with Crippen molar-refractivity contribution in [3.05, 3.63) is 40.6 Å². The zero-order valence-corrected chi connectivity index (χ0v) is 11.8. The molecule has 0 radical (unpaired) electrons. The molecule has 0 spiro atoms. The quantitative estimate of drug-likeness (QED) is 0.675. The second-order valence-corrected chi connectivity index (χ2v) is 5.38. The second kappa shape index (κ2) is 5.29. The lowest BCUT2D eigenvalue weighted by molar-refractivity contribution is -0.383. The van der Waals surface area contributed by atoms with E-state index in [4.69, 9.17) is 4.74 Å². The molecule has 110 valence electrons. The first-order valence-corrected chi connectivity index (χ1v) is 6.96. The Kier molecular flexibility index (Phi) is 3.47. The number of pyridine rings is 1. The Bertz CT molecular complexity index is 677. The number of nitro benzene ring substituents is 1. The van der Waals surface area contributed by atoms with Crippen LogP contribution in [-0.2, 0) is 4.74 Å². The highest BCUT2D eigenvalue weighted by atomic mass is 16.6. The number of hydrogen-bond donors (Lipinski definition) is 1. The summed E-state index contributed by atoms with van der Waals surface area (Å²) in [4.78, 5) is 15.0. The number of aromatic nitrogens is 1. The minimum Gasteiger partial charge on any atom is -0.380 e. The van der Waals surface area contributed by atoms with Crippen LogP contribution in [0.4, 0.5) is 11.4 Å². The summed E-state index contributed by atoms with van der Waals surface area (Å²) in [5.74, 6) is 0. The van der Waals surface area contributed by atoms with Crippen molar-refractivity contribution in [3.63, 3.8) is 0 Å². The number of benzene rings is 1. The molecule has 0 bridgehead atoms. The first-order valence-electron chi connectivity index (χ1n) is 6.96. The molecule has 0 unspecified atom stereocenters. The Labute approximate surface area is 122 Å². The van der Waals surface area contributed by atoms with Gasteiger partial charge in [0.05, 0.1) is 21.6 Å². The fraction of sp³-hybridized carbons (Fsp3) is 0.400. The zero-order valence-electron chi connectivity index (χ0n) is 11.8. The molecule has 1 aromatic heterocycles.